The quantitative estimate of drug-likeness (QED) is 0.0304. The summed E-state index contributed by atoms with van der Waals surface area (Å²) in [4.78, 5) is 59.1. The molecule has 0 aliphatic carbocycles. The SMILES string of the molecule is COCCOc1nc(N)c2[nH]c(=O)n(Cc3ccc(CCC(=O)CCc4cn(CCOCCOCCOCC[N+](C)(C)C/C=C/C(=O)Cc5cc6c(Nc7ccc(F)c(Cl)c7)ncnc6cc5O[C@@H]5CCOC5)nn4)cc3)c2n1.[Cl-]. The van der Waals surface area contributed by atoms with Crippen LogP contribution in [0.25, 0.3) is 22.1 Å². The van der Waals surface area contributed by atoms with Crippen LogP contribution in [0.5, 0.6) is 11.8 Å². The number of hydrogen-bond donors (Lipinski definition) is 3. The van der Waals surface area contributed by atoms with Gasteiger partial charge >= 0.3 is 11.7 Å². The third-order valence-electron chi connectivity index (χ3n) is 13.0. The number of benzene rings is 3. The average Bonchev–Trinajstić information content (AvgIpc) is 4.20. The highest BCUT2D eigenvalue weighted by molar-refractivity contribution is 6.31. The first-order valence-electron chi connectivity index (χ1n) is 26.1. The van der Waals surface area contributed by atoms with Crippen molar-refractivity contribution in [1.82, 2.24) is 44.5 Å². The Morgan fingerprint density at radius 2 is 1.71 bits per heavy atom. The van der Waals surface area contributed by atoms with Gasteiger partial charge in [-0.05, 0) is 60.4 Å². The van der Waals surface area contributed by atoms with Crippen LogP contribution in [0.15, 0.2) is 84.1 Å². The number of aryl methyl sites for hydroxylation is 2. The smallest absolute Gasteiger partial charge is 0.328 e. The molecule has 25 heteroatoms. The number of nitrogens with one attached hydrogen (secondary N) is 2. The van der Waals surface area contributed by atoms with Crippen LogP contribution in [0.1, 0.15) is 41.6 Å². The molecule has 1 saturated heterocycles. The third kappa shape index (κ3) is 18.0. The second kappa shape index (κ2) is 30.0. The van der Waals surface area contributed by atoms with Crippen molar-refractivity contribution in [3.05, 3.63) is 123 Å². The Hall–Kier alpha value is -6.96. The van der Waals surface area contributed by atoms with Crippen molar-refractivity contribution in [1.29, 1.82) is 0 Å². The lowest BCUT2D eigenvalue weighted by Gasteiger charge is -2.28. The van der Waals surface area contributed by atoms with Gasteiger partial charge in [0.2, 0.25) is 0 Å². The Kier molecular flexibility index (Phi) is 22.8. The minimum atomic E-state index is -0.524. The first-order valence-corrected chi connectivity index (χ1v) is 26.5. The number of imidazole rings is 1. The van der Waals surface area contributed by atoms with Crippen LogP contribution >= 0.6 is 11.6 Å². The molecule has 0 bridgehead atoms. The molecule has 5 heterocycles. The lowest BCUT2D eigenvalue weighted by molar-refractivity contribution is -0.884. The minimum Gasteiger partial charge on any atom is -1.00 e. The van der Waals surface area contributed by atoms with Crippen molar-refractivity contribution < 1.29 is 64.0 Å². The number of carbonyl (C=O) groups excluding carboxylic acids is 2. The molecule has 0 saturated carbocycles. The molecule has 0 amide bonds. The fourth-order valence-electron chi connectivity index (χ4n) is 8.48. The second-order valence-corrected chi connectivity index (χ2v) is 20.0. The number of nitrogens with zero attached hydrogens (tertiary/aromatic N) is 9. The number of aromatic nitrogens is 9. The maximum absolute atomic E-state index is 13.8. The Labute approximate surface area is 473 Å². The molecule has 80 heavy (non-hydrogen) atoms. The lowest BCUT2D eigenvalue weighted by atomic mass is 10.0. The van der Waals surface area contributed by atoms with E-state index in [0.717, 1.165) is 29.8 Å². The summed E-state index contributed by atoms with van der Waals surface area (Å²) in [6, 6.07) is 15.8. The van der Waals surface area contributed by atoms with Gasteiger partial charge in [0.05, 0.1) is 109 Å². The van der Waals surface area contributed by atoms with Crippen molar-refractivity contribution in [3.63, 3.8) is 0 Å². The number of methoxy groups -OCH3 is 1. The molecule has 3 aromatic carbocycles. The van der Waals surface area contributed by atoms with E-state index in [1.165, 1.54) is 23.0 Å². The predicted octanol–water partition coefficient (Wildman–Crippen LogP) is 2.65. The van der Waals surface area contributed by atoms with E-state index >= 15 is 0 Å². The monoisotopic (exact) mass is 1140 g/mol. The molecule has 1 atom stereocenters. The first-order chi connectivity index (χ1) is 38.3. The number of quaternary nitrogens is 1. The molecule has 1 aliphatic heterocycles. The van der Waals surface area contributed by atoms with E-state index < -0.39 is 5.82 Å². The van der Waals surface area contributed by atoms with Crippen molar-refractivity contribution in [2.45, 2.75) is 57.7 Å². The van der Waals surface area contributed by atoms with Gasteiger partial charge in [-0.3, -0.25) is 14.2 Å². The van der Waals surface area contributed by atoms with Gasteiger partial charge in [0.15, 0.2) is 17.2 Å². The van der Waals surface area contributed by atoms with E-state index in [0.29, 0.717) is 148 Å². The number of aromatic amines is 1. The summed E-state index contributed by atoms with van der Waals surface area (Å²) < 4.78 is 57.3. The summed E-state index contributed by atoms with van der Waals surface area (Å²) in [6.45, 7) is 6.43. The van der Waals surface area contributed by atoms with Crippen LogP contribution < -0.4 is 38.6 Å². The van der Waals surface area contributed by atoms with Crippen LogP contribution in [0.4, 0.5) is 21.7 Å². The molecule has 8 rings (SSSR count). The maximum Gasteiger partial charge on any atom is 0.328 e. The zero-order chi connectivity index (χ0) is 55.6. The number of anilines is 3. The number of ether oxygens (including phenoxy) is 7. The Bertz CT molecular complexity index is 3240. The van der Waals surface area contributed by atoms with Crippen LogP contribution in [-0.4, -0.2) is 167 Å². The number of halogens is 3. The molecule has 4 N–H and O–H groups in total. The van der Waals surface area contributed by atoms with Crippen LogP contribution in [0.3, 0.4) is 0 Å². The molecule has 22 nitrogen and oxygen atoms in total. The number of fused-ring (bicyclic) bond motifs is 2. The van der Waals surface area contributed by atoms with E-state index in [4.69, 9.17) is 50.5 Å². The fraction of sp³-hybridized carbons (Fsp3) is 0.436. The predicted molar refractivity (Wildman–Crippen MR) is 293 cm³/mol. The van der Waals surface area contributed by atoms with E-state index in [9.17, 15) is 18.8 Å². The normalized spacial score (nSPS) is 13.6. The summed E-state index contributed by atoms with van der Waals surface area (Å²) >= 11 is 6.03. The van der Waals surface area contributed by atoms with Gasteiger partial charge in [-0.2, -0.15) is 9.97 Å². The van der Waals surface area contributed by atoms with Gasteiger partial charge in [-0.25, -0.2) is 23.8 Å². The number of nitrogen functional groups attached to an aromatic ring is 1. The standard InChI is InChI=1S/C55H66ClFN12O10.ClH/c1-69(2,18-4-5-43(71)29-39-30-45-48(32-49(39)79-44-16-20-77-35-44)59-36-60-52(45)61-40-12-15-47(57)46(56)31-40)19-22-75-25-27-76-26-24-74-21-17-67-34-41(65-66-67)11-14-42(70)13-10-37-6-8-38(9-7-37)33-68-53-50(62-55(68)72)51(58)63-54(64-53)78-28-23-73-3;/h4-9,12,15,30-32,34,36,44H,10-11,13-14,16-29,33,35H2,1-3H3,(H3-,58,59,60,61,62,63,64,65,66,72);1H/b5-4+;/t44-;/m1./s1. The molecule has 428 valence electrons. The molecule has 4 aromatic heterocycles. The van der Waals surface area contributed by atoms with Crippen LogP contribution in [-0.2, 0) is 65.6 Å². The first kappa shape index (κ1) is 60.7. The molecule has 0 unspecified atom stereocenters. The van der Waals surface area contributed by atoms with Crippen molar-refractivity contribution in [2.75, 3.05) is 111 Å². The Balaban J connectivity index is 0.00000924. The fourth-order valence-corrected chi connectivity index (χ4v) is 8.66. The minimum absolute atomic E-state index is 0. The average molecular weight is 1150 g/mol. The summed E-state index contributed by atoms with van der Waals surface area (Å²) in [5, 5.41) is 12.3. The maximum atomic E-state index is 13.8. The zero-order valence-electron chi connectivity index (χ0n) is 45.0. The van der Waals surface area contributed by atoms with Crippen LogP contribution in [0, 0.1) is 5.82 Å². The van der Waals surface area contributed by atoms with Crippen molar-refractivity contribution in [2.24, 2.45) is 0 Å². The number of allylic oxidation sites excluding steroid dienone is 1. The number of hydrogen-bond acceptors (Lipinski definition) is 18. The molecular weight excluding hydrogens is 1080 g/mol. The van der Waals surface area contributed by atoms with Crippen molar-refractivity contribution in [3.8, 4) is 11.8 Å². The zero-order valence-corrected chi connectivity index (χ0v) is 46.6. The summed E-state index contributed by atoms with van der Waals surface area (Å²) in [7, 11) is 5.71. The van der Waals surface area contributed by atoms with E-state index in [2.05, 4.69) is 54.6 Å². The second-order valence-electron chi connectivity index (χ2n) is 19.6. The van der Waals surface area contributed by atoms with E-state index in [1.807, 2.05) is 48.7 Å². The van der Waals surface area contributed by atoms with E-state index in [-0.39, 0.29) is 72.2 Å². The van der Waals surface area contributed by atoms with E-state index in [1.54, 1.807) is 23.9 Å². The van der Waals surface area contributed by atoms with Gasteiger partial charge < -0.3 is 66.1 Å². The molecule has 0 radical (unpaired) electrons. The number of ketones is 2. The third-order valence-corrected chi connectivity index (χ3v) is 13.2. The molecular formula is C55H67Cl2FN12O10. The molecule has 7 aromatic rings. The molecule has 0 spiro atoms. The highest BCUT2D eigenvalue weighted by Gasteiger charge is 2.22. The summed E-state index contributed by atoms with van der Waals surface area (Å²) in [5.74, 6) is 0.671. The van der Waals surface area contributed by atoms with Gasteiger partial charge in [-0.1, -0.05) is 41.1 Å². The number of Topliss-reactive ketones (excluding diaryl/α,β-unsaturated/α-hetero) is 1. The highest BCUT2D eigenvalue weighted by atomic mass is 35.5. The molecule has 1 aliphatic rings. The number of carbonyl (C=O) groups is 2. The largest absolute Gasteiger partial charge is 1.00 e. The molecule has 1 fully saturated rings. The van der Waals surface area contributed by atoms with Crippen LogP contribution in [0.2, 0.25) is 5.02 Å². The lowest BCUT2D eigenvalue weighted by Crippen LogP contribution is -3.00. The van der Waals surface area contributed by atoms with Gasteiger partial charge in [0, 0.05) is 61.7 Å². The number of rotatable bonds is 33. The summed E-state index contributed by atoms with van der Waals surface area (Å²) in [5.41, 5.74) is 10.9. The van der Waals surface area contributed by atoms with Crippen molar-refractivity contribution >= 4 is 62.6 Å². The summed E-state index contributed by atoms with van der Waals surface area (Å²) in [6.07, 6.45) is 9.30. The van der Waals surface area contributed by atoms with Gasteiger partial charge in [0.1, 0.15) is 54.3 Å². The number of likely N-dealkylation sites (N-methyl/N-ethyl adjacent to an activating group) is 1. The van der Waals surface area contributed by atoms with Gasteiger partial charge in [-0.15, -0.1) is 5.10 Å². The Morgan fingerprint density at radius 3 is 2.48 bits per heavy atom. The Morgan fingerprint density at radius 1 is 0.950 bits per heavy atom. The number of H-pyrrole nitrogens is 1. The topological polar surface area (TPSA) is 257 Å². The van der Waals surface area contributed by atoms with Gasteiger partial charge in [0.25, 0.3) is 0 Å². The highest BCUT2D eigenvalue weighted by Crippen LogP contribution is 2.33. The number of nitrogens with two attached hydrogens (primary N) is 1.